The van der Waals surface area contributed by atoms with Crippen molar-refractivity contribution in [2.75, 3.05) is 27.3 Å². The van der Waals surface area contributed by atoms with Gasteiger partial charge >= 0.3 is 50.2 Å². The van der Waals surface area contributed by atoms with Gasteiger partial charge in [0, 0.05) is 0 Å². The number of rotatable bonds is 0. The van der Waals surface area contributed by atoms with Crippen molar-refractivity contribution in [2.24, 2.45) is 0 Å². The molecule has 0 aromatic heterocycles. The molecule has 0 N–H and O–H groups in total. The zero-order valence-electron chi connectivity index (χ0n) is 5.39. The number of hydrogen-bond donors (Lipinski definition) is 0. The molecule has 1 rings (SSSR count). The van der Waals surface area contributed by atoms with Crippen molar-refractivity contribution in [3.63, 3.8) is 0 Å². The van der Waals surface area contributed by atoms with Gasteiger partial charge in [0.1, 0.15) is 0 Å². The van der Waals surface area contributed by atoms with Crippen molar-refractivity contribution in [2.45, 2.75) is 0 Å². The fourth-order valence-corrected chi connectivity index (χ4v) is 0.900. The second-order valence-corrected chi connectivity index (χ2v) is 2.34. The van der Waals surface area contributed by atoms with Crippen molar-refractivity contribution >= 4 is 13.1 Å². The Bertz CT molecular complexity index is 113. The molecule has 1 aliphatic rings. The molecule has 0 unspecified atom stereocenters. The standard InChI is InChI=1S/C5H10BN2/c1-7-3-5(6)8(2)4-7/h3-4H2,1-2H3. The summed E-state index contributed by atoms with van der Waals surface area (Å²) in [6, 6.07) is 0. The Labute approximate surface area is 51.2 Å². The first kappa shape index (κ1) is 5.82. The first-order valence-electron chi connectivity index (χ1n) is 2.71. The number of likely N-dealkylation sites (N-methyl/N-ethyl adjacent to an activating group) is 2. The van der Waals surface area contributed by atoms with Crippen LogP contribution in [0.15, 0.2) is 0 Å². The maximum absolute atomic E-state index is 5.57. The van der Waals surface area contributed by atoms with Crippen LogP contribution in [0.3, 0.4) is 0 Å². The fraction of sp³-hybridized carbons (Fsp3) is 0.800. The van der Waals surface area contributed by atoms with E-state index in [1.165, 1.54) is 0 Å². The van der Waals surface area contributed by atoms with Crippen LogP contribution >= 0.6 is 0 Å². The molecule has 0 saturated carbocycles. The summed E-state index contributed by atoms with van der Waals surface area (Å²) in [5.41, 5.74) is 0.965. The molecule has 0 bridgehead atoms. The molecule has 1 saturated heterocycles. The average molecular weight is 109 g/mol. The summed E-state index contributed by atoms with van der Waals surface area (Å²) >= 11 is 0. The van der Waals surface area contributed by atoms with Gasteiger partial charge in [0.2, 0.25) is 0 Å². The molecule has 1 radical (unpaired) electrons. The van der Waals surface area contributed by atoms with Crippen LogP contribution in [-0.4, -0.2) is 50.2 Å². The van der Waals surface area contributed by atoms with Crippen LogP contribution < -0.4 is 0 Å². The summed E-state index contributed by atoms with van der Waals surface area (Å²) in [6.45, 7) is 1.88. The van der Waals surface area contributed by atoms with Gasteiger partial charge in [0.15, 0.2) is 0 Å². The quantitative estimate of drug-likeness (QED) is 0.372. The molecular formula is C5H10BN2. The SMILES string of the molecule is [B]=C1CN(C)CN1C. The summed E-state index contributed by atoms with van der Waals surface area (Å²) < 4.78 is 0. The molecule has 1 fully saturated rings. The van der Waals surface area contributed by atoms with Crippen LogP contribution in [0.1, 0.15) is 0 Å². The number of nitrogens with zero attached hydrogens (tertiary/aromatic N) is 2. The predicted octanol–water partition coefficient (Wildman–Crippen LogP) is -0.881. The van der Waals surface area contributed by atoms with E-state index in [0.717, 1.165) is 18.8 Å². The molecule has 43 valence electrons. The Hall–Kier alpha value is -0.305. The molecule has 0 amide bonds. The van der Waals surface area contributed by atoms with Gasteiger partial charge in [-0.05, 0) is 0 Å². The van der Waals surface area contributed by atoms with Crippen LogP contribution in [0, 0.1) is 0 Å². The normalized spacial score (nSPS) is 22.6. The Morgan fingerprint density at radius 1 is 1.50 bits per heavy atom. The monoisotopic (exact) mass is 109 g/mol. The zero-order valence-corrected chi connectivity index (χ0v) is 5.39. The Morgan fingerprint density at radius 3 is 2.25 bits per heavy atom. The van der Waals surface area contributed by atoms with E-state index in [-0.39, 0.29) is 0 Å². The van der Waals surface area contributed by atoms with E-state index in [4.69, 9.17) is 7.49 Å². The van der Waals surface area contributed by atoms with E-state index in [1.54, 1.807) is 0 Å². The summed E-state index contributed by atoms with van der Waals surface area (Å²) in [7, 11) is 9.62. The molecule has 0 aromatic carbocycles. The van der Waals surface area contributed by atoms with Gasteiger partial charge in [0.25, 0.3) is 0 Å². The summed E-state index contributed by atoms with van der Waals surface area (Å²) in [5, 5.41) is 0. The van der Waals surface area contributed by atoms with Crippen LogP contribution in [0.5, 0.6) is 0 Å². The third-order valence-corrected chi connectivity index (χ3v) is 1.38. The van der Waals surface area contributed by atoms with Crippen LogP contribution in [0.2, 0.25) is 0 Å². The molecule has 2 nitrogen and oxygen atoms in total. The van der Waals surface area contributed by atoms with Crippen LogP contribution in [0.25, 0.3) is 0 Å². The summed E-state index contributed by atoms with van der Waals surface area (Å²) in [6.07, 6.45) is 0. The van der Waals surface area contributed by atoms with E-state index >= 15 is 0 Å². The predicted molar refractivity (Wildman–Crippen MR) is 36.0 cm³/mol. The molecule has 0 aliphatic carbocycles. The third-order valence-electron chi connectivity index (χ3n) is 1.38. The molecular weight excluding hydrogens is 98.9 g/mol. The average Bonchev–Trinajstić information content (AvgIpc) is 1.85. The summed E-state index contributed by atoms with van der Waals surface area (Å²) in [4.78, 5) is 4.20. The molecule has 8 heavy (non-hydrogen) atoms. The minimum absolute atomic E-state index is 0.913. The molecule has 1 aliphatic heterocycles. The molecule has 0 atom stereocenters. The Kier molecular flexibility index (Phi) is 1.38. The number of hydrogen-bond acceptors (Lipinski definition) is 2. The van der Waals surface area contributed by atoms with E-state index in [2.05, 4.69) is 11.9 Å². The van der Waals surface area contributed by atoms with Gasteiger partial charge in [-0.15, -0.1) is 0 Å². The van der Waals surface area contributed by atoms with Gasteiger partial charge in [0.05, 0.1) is 0 Å². The molecule has 3 heteroatoms. The second-order valence-electron chi connectivity index (χ2n) is 2.34. The zero-order chi connectivity index (χ0) is 6.15. The molecule has 0 aromatic rings. The fourth-order valence-electron chi connectivity index (χ4n) is 0.900. The van der Waals surface area contributed by atoms with Crippen molar-refractivity contribution < 1.29 is 0 Å². The van der Waals surface area contributed by atoms with E-state index in [0.29, 0.717) is 0 Å². The van der Waals surface area contributed by atoms with Gasteiger partial charge in [-0.25, -0.2) is 0 Å². The molecule has 0 spiro atoms. The van der Waals surface area contributed by atoms with E-state index < -0.39 is 0 Å². The van der Waals surface area contributed by atoms with Gasteiger partial charge < -0.3 is 0 Å². The first-order chi connectivity index (χ1) is 3.70. The van der Waals surface area contributed by atoms with Gasteiger partial charge in [-0.1, -0.05) is 0 Å². The van der Waals surface area contributed by atoms with Crippen LogP contribution in [-0.2, 0) is 0 Å². The Morgan fingerprint density at radius 2 is 2.12 bits per heavy atom. The maximum atomic E-state index is 5.57. The van der Waals surface area contributed by atoms with Gasteiger partial charge in [-0.3, -0.25) is 0 Å². The second kappa shape index (κ2) is 1.90. The molecule has 1 heterocycles. The van der Waals surface area contributed by atoms with Crippen molar-refractivity contribution in [3.8, 4) is 0 Å². The van der Waals surface area contributed by atoms with Gasteiger partial charge in [-0.2, -0.15) is 0 Å². The summed E-state index contributed by atoms with van der Waals surface area (Å²) in [5.74, 6) is 0. The van der Waals surface area contributed by atoms with E-state index in [9.17, 15) is 0 Å². The van der Waals surface area contributed by atoms with Crippen molar-refractivity contribution in [1.29, 1.82) is 0 Å². The third kappa shape index (κ3) is 0.918. The topological polar surface area (TPSA) is 6.48 Å². The Balaban J connectivity index is 2.51. The van der Waals surface area contributed by atoms with Crippen LogP contribution in [0.4, 0.5) is 0 Å². The minimum atomic E-state index is 0.913. The van der Waals surface area contributed by atoms with Crippen molar-refractivity contribution in [1.82, 2.24) is 9.80 Å². The first-order valence-corrected chi connectivity index (χ1v) is 2.71. The van der Waals surface area contributed by atoms with Crippen molar-refractivity contribution in [3.05, 3.63) is 0 Å². The van der Waals surface area contributed by atoms with E-state index in [1.807, 2.05) is 11.9 Å².